The molecular formula is C18H14Cl2N2O3S. The lowest BCUT2D eigenvalue weighted by atomic mass is 10.3. The van der Waals surface area contributed by atoms with Crippen LogP contribution in [-0.2, 0) is 16.6 Å². The van der Waals surface area contributed by atoms with Gasteiger partial charge in [0, 0.05) is 10.0 Å². The SMILES string of the molecule is O=S(=O)(NCc1ccc(C=Nc2cc(Cl)cc(Cl)c2)o1)c1ccccc1. The third kappa shape index (κ3) is 4.95. The Morgan fingerprint density at radius 1 is 1.00 bits per heavy atom. The third-order valence-electron chi connectivity index (χ3n) is 3.36. The maximum atomic E-state index is 12.2. The number of hydrogen-bond donors (Lipinski definition) is 1. The van der Waals surface area contributed by atoms with Crippen molar-refractivity contribution in [2.75, 3.05) is 0 Å². The summed E-state index contributed by atoms with van der Waals surface area (Å²) >= 11 is 11.8. The predicted molar refractivity (Wildman–Crippen MR) is 103 cm³/mol. The van der Waals surface area contributed by atoms with Gasteiger partial charge in [0.25, 0.3) is 0 Å². The summed E-state index contributed by atoms with van der Waals surface area (Å²) < 4.78 is 32.4. The summed E-state index contributed by atoms with van der Waals surface area (Å²) in [5.74, 6) is 0.949. The van der Waals surface area contributed by atoms with Gasteiger partial charge in [-0.25, -0.2) is 13.1 Å². The van der Waals surface area contributed by atoms with E-state index < -0.39 is 10.0 Å². The highest BCUT2D eigenvalue weighted by Gasteiger charge is 2.13. The molecule has 1 heterocycles. The minimum atomic E-state index is -3.59. The molecule has 0 fully saturated rings. The fourth-order valence-electron chi connectivity index (χ4n) is 2.16. The number of halogens is 2. The number of rotatable bonds is 6. The number of nitrogens with one attached hydrogen (secondary N) is 1. The normalized spacial score (nSPS) is 11.9. The Morgan fingerprint density at radius 2 is 1.69 bits per heavy atom. The Kier molecular flexibility index (Phi) is 5.78. The van der Waals surface area contributed by atoms with Gasteiger partial charge in [0.05, 0.1) is 23.3 Å². The number of furan rings is 1. The average molecular weight is 409 g/mol. The van der Waals surface area contributed by atoms with Crippen LogP contribution in [-0.4, -0.2) is 14.6 Å². The molecule has 0 aliphatic rings. The Bertz CT molecular complexity index is 1010. The van der Waals surface area contributed by atoms with Crippen LogP contribution in [0.2, 0.25) is 10.0 Å². The van der Waals surface area contributed by atoms with E-state index in [1.165, 1.54) is 18.3 Å². The monoisotopic (exact) mass is 408 g/mol. The first-order valence-electron chi connectivity index (χ1n) is 7.56. The second-order valence-electron chi connectivity index (χ2n) is 5.33. The van der Waals surface area contributed by atoms with Gasteiger partial charge in [-0.3, -0.25) is 4.99 Å². The third-order valence-corrected chi connectivity index (χ3v) is 5.21. The molecule has 3 aromatic rings. The number of nitrogens with zero attached hydrogens (tertiary/aromatic N) is 1. The quantitative estimate of drug-likeness (QED) is 0.594. The zero-order chi connectivity index (χ0) is 18.6. The number of aliphatic imine (C=N–C) groups is 1. The standard InChI is InChI=1S/C18H14Cl2N2O3S/c19-13-8-14(20)10-15(9-13)21-11-16-6-7-17(25-16)12-22-26(23,24)18-4-2-1-3-5-18/h1-11,22H,12H2. The molecule has 26 heavy (non-hydrogen) atoms. The van der Waals surface area contributed by atoms with Gasteiger partial charge in [-0.1, -0.05) is 41.4 Å². The van der Waals surface area contributed by atoms with E-state index in [-0.39, 0.29) is 11.4 Å². The van der Waals surface area contributed by atoms with Gasteiger partial charge in [-0.15, -0.1) is 0 Å². The molecule has 0 bridgehead atoms. The molecule has 8 heteroatoms. The summed E-state index contributed by atoms with van der Waals surface area (Å²) in [5, 5.41) is 0.972. The first-order chi connectivity index (χ1) is 12.4. The maximum absolute atomic E-state index is 12.2. The molecule has 0 unspecified atom stereocenters. The van der Waals surface area contributed by atoms with Crippen molar-refractivity contribution in [3.63, 3.8) is 0 Å². The van der Waals surface area contributed by atoms with Crippen LogP contribution in [0, 0.1) is 0 Å². The molecule has 2 aromatic carbocycles. The van der Waals surface area contributed by atoms with Crippen LogP contribution in [0.3, 0.4) is 0 Å². The molecule has 0 atom stereocenters. The van der Waals surface area contributed by atoms with E-state index >= 15 is 0 Å². The number of sulfonamides is 1. The topological polar surface area (TPSA) is 71.7 Å². The summed E-state index contributed by atoms with van der Waals surface area (Å²) in [6.07, 6.45) is 1.51. The van der Waals surface area contributed by atoms with Crippen molar-refractivity contribution in [2.45, 2.75) is 11.4 Å². The molecule has 0 radical (unpaired) electrons. The largest absolute Gasteiger partial charge is 0.459 e. The summed E-state index contributed by atoms with van der Waals surface area (Å²) in [6.45, 7) is 0.0358. The highest BCUT2D eigenvalue weighted by Crippen LogP contribution is 2.24. The molecule has 3 rings (SSSR count). The van der Waals surface area contributed by atoms with Gasteiger partial charge in [0.1, 0.15) is 11.5 Å². The maximum Gasteiger partial charge on any atom is 0.240 e. The fourth-order valence-corrected chi connectivity index (χ4v) is 3.69. The van der Waals surface area contributed by atoms with Crippen LogP contribution in [0.5, 0.6) is 0 Å². The van der Waals surface area contributed by atoms with Crippen LogP contribution in [0.1, 0.15) is 11.5 Å². The van der Waals surface area contributed by atoms with Crippen molar-refractivity contribution < 1.29 is 12.8 Å². The Labute approximate surface area is 161 Å². The second kappa shape index (κ2) is 8.05. The first kappa shape index (κ1) is 18.7. The number of benzene rings is 2. The van der Waals surface area contributed by atoms with Crippen LogP contribution in [0.25, 0.3) is 0 Å². The molecule has 5 nitrogen and oxygen atoms in total. The number of hydrogen-bond acceptors (Lipinski definition) is 4. The van der Waals surface area contributed by atoms with Gasteiger partial charge in [0.2, 0.25) is 10.0 Å². The second-order valence-corrected chi connectivity index (χ2v) is 7.97. The van der Waals surface area contributed by atoms with Crippen molar-refractivity contribution in [1.29, 1.82) is 0 Å². The fraction of sp³-hybridized carbons (Fsp3) is 0.0556. The lowest BCUT2D eigenvalue weighted by molar-refractivity contribution is 0.494. The van der Waals surface area contributed by atoms with Gasteiger partial charge >= 0.3 is 0 Å². The van der Waals surface area contributed by atoms with Crippen molar-refractivity contribution in [2.24, 2.45) is 4.99 Å². The summed E-state index contributed by atoms with van der Waals surface area (Å²) in [7, 11) is -3.59. The summed E-state index contributed by atoms with van der Waals surface area (Å²) in [6, 6.07) is 16.5. The van der Waals surface area contributed by atoms with Crippen molar-refractivity contribution >= 4 is 45.1 Å². The minimum absolute atomic E-state index is 0.0358. The van der Waals surface area contributed by atoms with Gasteiger partial charge in [0.15, 0.2) is 0 Å². The van der Waals surface area contributed by atoms with E-state index in [9.17, 15) is 8.42 Å². The van der Waals surface area contributed by atoms with Gasteiger partial charge < -0.3 is 4.42 Å². The minimum Gasteiger partial charge on any atom is -0.459 e. The van der Waals surface area contributed by atoms with E-state index in [0.717, 1.165) is 0 Å². The lowest BCUT2D eigenvalue weighted by Gasteiger charge is -2.04. The molecule has 1 N–H and O–H groups in total. The molecule has 0 saturated carbocycles. The van der Waals surface area contributed by atoms with E-state index in [1.54, 1.807) is 48.5 Å². The summed E-state index contributed by atoms with van der Waals surface area (Å²) in [5.41, 5.74) is 0.588. The molecule has 0 spiro atoms. The van der Waals surface area contributed by atoms with E-state index in [0.29, 0.717) is 27.3 Å². The predicted octanol–water partition coefficient (Wildman–Crippen LogP) is 4.82. The molecule has 0 aliphatic heterocycles. The van der Waals surface area contributed by atoms with Crippen molar-refractivity contribution in [1.82, 2.24) is 4.72 Å². The molecule has 134 valence electrons. The Morgan fingerprint density at radius 3 is 2.38 bits per heavy atom. The van der Waals surface area contributed by atoms with Gasteiger partial charge in [-0.2, -0.15) is 0 Å². The molecule has 0 saturated heterocycles. The van der Waals surface area contributed by atoms with Gasteiger partial charge in [-0.05, 0) is 42.5 Å². The van der Waals surface area contributed by atoms with E-state index in [2.05, 4.69) is 9.71 Å². The first-order valence-corrected chi connectivity index (χ1v) is 9.80. The summed E-state index contributed by atoms with van der Waals surface area (Å²) in [4.78, 5) is 4.44. The Hall–Kier alpha value is -2.12. The van der Waals surface area contributed by atoms with E-state index in [1.807, 2.05) is 0 Å². The van der Waals surface area contributed by atoms with Crippen molar-refractivity contribution in [3.8, 4) is 0 Å². The van der Waals surface area contributed by atoms with Crippen LogP contribution in [0.4, 0.5) is 5.69 Å². The Balaban J connectivity index is 1.66. The highest BCUT2D eigenvalue weighted by molar-refractivity contribution is 7.89. The highest BCUT2D eigenvalue weighted by atomic mass is 35.5. The zero-order valence-electron chi connectivity index (χ0n) is 13.4. The lowest BCUT2D eigenvalue weighted by Crippen LogP contribution is -2.22. The van der Waals surface area contributed by atoms with Crippen LogP contribution < -0.4 is 4.72 Å². The zero-order valence-corrected chi connectivity index (χ0v) is 15.7. The molecule has 0 aliphatic carbocycles. The van der Waals surface area contributed by atoms with E-state index in [4.69, 9.17) is 27.6 Å². The molecular weight excluding hydrogens is 395 g/mol. The average Bonchev–Trinajstić information content (AvgIpc) is 3.06. The van der Waals surface area contributed by atoms with Crippen LogP contribution in [0.15, 0.2) is 75.0 Å². The smallest absolute Gasteiger partial charge is 0.240 e. The molecule has 0 amide bonds. The van der Waals surface area contributed by atoms with Crippen LogP contribution >= 0.6 is 23.2 Å². The van der Waals surface area contributed by atoms with Crippen molar-refractivity contribution in [3.05, 3.63) is 82.2 Å². The molecule has 1 aromatic heterocycles.